The average Bonchev–Trinajstić information content (AvgIpc) is 2.45. The summed E-state index contributed by atoms with van der Waals surface area (Å²) in [4.78, 5) is 9.51. The van der Waals surface area contributed by atoms with Crippen molar-refractivity contribution < 1.29 is 15.4 Å². The minimum absolute atomic E-state index is 0. The summed E-state index contributed by atoms with van der Waals surface area (Å²) >= 11 is 0. The molecule has 3 N–H and O–H groups in total. The molecule has 0 aliphatic rings. The van der Waals surface area contributed by atoms with Gasteiger partial charge in [-0.15, -0.1) is 0 Å². The van der Waals surface area contributed by atoms with E-state index < -0.39 is 5.97 Å². The van der Waals surface area contributed by atoms with Gasteiger partial charge in [-0.2, -0.15) is 0 Å². The fraction of sp³-hybridized carbons (Fsp3) is 0.842. The molecule has 0 fully saturated rings. The Morgan fingerprint density at radius 1 is 0.727 bits per heavy atom. The van der Waals surface area contributed by atoms with E-state index in [0.717, 1.165) is 6.08 Å². The second-order valence-corrected chi connectivity index (χ2v) is 5.73. The highest BCUT2D eigenvalue weighted by atomic mass is 16.4. The van der Waals surface area contributed by atoms with Crippen molar-refractivity contribution in [2.75, 3.05) is 0 Å². The van der Waals surface area contributed by atoms with Crippen LogP contribution in [0.25, 0.3) is 0 Å². The minimum Gasteiger partial charge on any atom is -0.478 e. The van der Waals surface area contributed by atoms with Crippen LogP contribution < -0.4 is 0 Å². The van der Waals surface area contributed by atoms with E-state index in [-0.39, 0.29) is 5.48 Å². The van der Waals surface area contributed by atoms with Crippen molar-refractivity contribution >= 4 is 5.97 Å². The maximum atomic E-state index is 9.51. The molecule has 0 saturated carbocycles. The summed E-state index contributed by atoms with van der Waals surface area (Å²) < 4.78 is 0. The van der Waals surface area contributed by atoms with Crippen molar-refractivity contribution in [3.05, 3.63) is 12.2 Å². The zero-order valence-electron chi connectivity index (χ0n) is 15.2. The summed E-state index contributed by atoms with van der Waals surface area (Å²) in [5.41, 5.74) is 0. The molecule has 22 heavy (non-hydrogen) atoms. The molecule has 0 spiro atoms. The normalized spacial score (nSPS) is 9.95. The van der Waals surface area contributed by atoms with Gasteiger partial charge in [0.15, 0.2) is 0 Å². The molecule has 0 amide bonds. The lowest BCUT2D eigenvalue weighted by Gasteiger charge is -2.01. The molecule has 0 unspecified atom stereocenters. The number of allylic oxidation sites excluding steroid dienone is 1. The van der Waals surface area contributed by atoms with Crippen molar-refractivity contribution in [2.45, 2.75) is 104 Å². The number of rotatable bonds is 13. The van der Waals surface area contributed by atoms with Crippen LogP contribution in [0.1, 0.15) is 104 Å². The lowest BCUT2D eigenvalue weighted by molar-refractivity contribution is -0.131. The summed E-state index contributed by atoms with van der Waals surface area (Å²) in [6.07, 6.45) is 21.5. The molecular formula is C19H40O3. The first-order valence-corrected chi connectivity index (χ1v) is 9.04. The van der Waals surface area contributed by atoms with Crippen molar-refractivity contribution in [2.24, 2.45) is 0 Å². The first kappa shape index (κ1) is 26.1. The van der Waals surface area contributed by atoms with E-state index in [4.69, 9.17) is 5.11 Å². The fourth-order valence-electron chi connectivity index (χ4n) is 2.23. The smallest absolute Gasteiger partial charge is 0.327 e. The molecule has 0 aliphatic heterocycles. The lowest BCUT2D eigenvalue weighted by Crippen LogP contribution is -1.83. The van der Waals surface area contributed by atoms with Gasteiger partial charge in [-0.25, -0.2) is 4.79 Å². The van der Waals surface area contributed by atoms with Crippen molar-refractivity contribution in [3.63, 3.8) is 0 Å². The van der Waals surface area contributed by atoms with Crippen LogP contribution in [0.3, 0.4) is 0 Å². The standard InChI is InChI=1S/C15H32.C4H6O2.H2O/c1-3-5-7-9-11-13-15-14-12-10-8-6-4-2;1-2-3-4(5)6;/h3-15H2,1-2H3;2-3H,1H3,(H,5,6);1H2. The highest BCUT2D eigenvalue weighted by molar-refractivity contribution is 5.79. The van der Waals surface area contributed by atoms with E-state index >= 15 is 0 Å². The lowest BCUT2D eigenvalue weighted by atomic mass is 10.1. The molecular weight excluding hydrogens is 276 g/mol. The van der Waals surface area contributed by atoms with E-state index in [1.165, 1.54) is 89.5 Å². The molecule has 0 bridgehead atoms. The van der Waals surface area contributed by atoms with Crippen LogP contribution in [-0.4, -0.2) is 16.6 Å². The van der Waals surface area contributed by atoms with Crippen molar-refractivity contribution in [1.29, 1.82) is 0 Å². The van der Waals surface area contributed by atoms with Crippen LogP contribution in [0, 0.1) is 0 Å². The molecule has 0 aromatic carbocycles. The van der Waals surface area contributed by atoms with Gasteiger partial charge in [0, 0.05) is 6.08 Å². The predicted octanol–water partition coefficient (Wildman–Crippen LogP) is 5.92. The summed E-state index contributed by atoms with van der Waals surface area (Å²) in [7, 11) is 0. The number of aliphatic carboxylic acids is 1. The van der Waals surface area contributed by atoms with E-state index in [1.54, 1.807) is 6.92 Å². The maximum Gasteiger partial charge on any atom is 0.327 e. The Hall–Kier alpha value is -0.830. The Bertz CT molecular complexity index is 213. The van der Waals surface area contributed by atoms with Crippen LogP contribution >= 0.6 is 0 Å². The Kier molecular flexibility index (Phi) is 29.8. The van der Waals surface area contributed by atoms with Crippen molar-refractivity contribution in [1.82, 2.24) is 0 Å². The van der Waals surface area contributed by atoms with E-state index in [2.05, 4.69) is 13.8 Å². The van der Waals surface area contributed by atoms with Crippen LogP contribution in [-0.2, 0) is 4.79 Å². The van der Waals surface area contributed by atoms with Gasteiger partial charge < -0.3 is 10.6 Å². The molecule has 0 aliphatic carbocycles. The minimum atomic E-state index is -0.891. The largest absolute Gasteiger partial charge is 0.478 e. The third kappa shape index (κ3) is 31.5. The Morgan fingerprint density at radius 2 is 1.00 bits per heavy atom. The number of hydrogen-bond donors (Lipinski definition) is 1. The monoisotopic (exact) mass is 316 g/mol. The van der Waals surface area contributed by atoms with Gasteiger partial charge in [0.2, 0.25) is 0 Å². The van der Waals surface area contributed by atoms with Gasteiger partial charge in [0.05, 0.1) is 0 Å². The molecule has 3 heteroatoms. The molecule has 0 aromatic rings. The molecule has 0 radical (unpaired) electrons. The second-order valence-electron chi connectivity index (χ2n) is 5.73. The van der Waals surface area contributed by atoms with E-state index in [0.29, 0.717) is 0 Å². The first-order valence-electron chi connectivity index (χ1n) is 9.04. The molecule has 3 nitrogen and oxygen atoms in total. The molecule has 0 heterocycles. The van der Waals surface area contributed by atoms with E-state index in [9.17, 15) is 4.79 Å². The molecule has 0 aromatic heterocycles. The van der Waals surface area contributed by atoms with Gasteiger partial charge in [-0.05, 0) is 6.92 Å². The first-order chi connectivity index (χ1) is 10.2. The molecule has 0 rings (SSSR count). The summed E-state index contributed by atoms with van der Waals surface area (Å²) in [5, 5.41) is 7.83. The zero-order chi connectivity index (χ0) is 16.2. The number of carboxylic acid groups (broad SMARTS) is 1. The predicted molar refractivity (Wildman–Crippen MR) is 97.4 cm³/mol. The number of carboxylic acids is 1. The third-order valence-electron chi connectivity index (χ3n) is 3.52. The van der Waals surface area contributed by atoms with Gasteiger partial charge in [0.25, 0.3) is 0 Å². The average molecular weight is 317 g/mol. The topological polar surface area (TPSA) is 68.8 Å². The van der Waals surface area contributed by atoms with Crippen LogP contribution in [0.15, 0.2) is 12.2 Å². The molecule has 134 valence electrons. The van der Waals surface area contributed by atoms with Gasteiger partial charge in [0.1, 0.15) is 0 Å². The van der Waals surface area contributed by atoms with Crippen LogP contribution in [0.4, 0.5) is 0 Å². The van der Waals surface area contributed by atoms with Gasteiger partial charge in [-0.3, -0.25) is 0 Å². The third-order valence-corrected chi connectivity index (χ3v) is 3.52. The van der Waals surface area contributed by atoms with Crippen LogP contribution in [0.5, 0.6) is 0 Å². The summed E-state index contributed by atoms with van der Waals surface area (Å²) in [6, 6.07) is 0. The SMILES string of the molecule is CC=CC(=O)O.CCCCCCCCCCCCCCC.O. The zero-order valence-corrected chi connectivity index (χ0v) is 15.2. The van der Waals surface area contributed by atoms with E-state index in [1.807, 2.05) is 0 Å². The highest BCUT2D eigenvalue weighted by Gasteiger charge is 1.92. The number of unbranched alkanes of at least 4 members (excludes halogenated alkanes) is 12. The van der Waals surface area contributed by atoms with Crippen molar-refractivity contribution in [3.8, 4) is 0 Å². The Morgan fingerprint density at radius 3 is 1.14 bits per heavy atom. The Labute approximate surface area is 138 Å². The quantitative estimate of drug-likeness (QED) is 0.338. The summed E-state index contributed by atoms with van der Waals surface area (Å²) in [6.45, 7) is 6.24. The molecule has 0 atom stereocenters. The van der Waals surface area contributed by atoms with Gasteiger partial charge in [-0.1, -0.05) is 103 Å². The summed E-state index contributed by atoms with van der Waals surface area (Å²) in [5.74, 6) is -0.891. The second kappa shape index (κ2) is 25.1. The number of hydrogen-bond acceptors (Lipinski definition) is 1. The molecule has 0 saturated heterocycles. The maximum absolute atomic E-state index is 9.51. The van der Waals surface area contributed by atoms with Crippen LogP contribution in [0.2, 0.25) is 0 Å². The fourth-order valence-corrected chi connectivity index (χ4v) is 2.23. The highest BCUT2D eigenvalue weighted by Crippen LogP contribution is 2.12. The van der Waals surface area contributed by atoms with Gasteiger partial charge >= 0.3 is 5.97 Å². The Balaban J connectivity index is -0.000000439. The number of carbonyl (C=O) groups is 1.